The molecule has 1 aromatic carbocycles. The van der Waals surface area contributed by atoms with E-state index in [4.69, 9.17) is 0 Å². The van der Waals surface area contributed by atoms with Crippen LogP contribution in [0.5, 0.6) is 0 Å². The zero-order valence-corrected chi connectivity index (χ0v) is 15.7. The molecule has 0 atom stereocenters. The van der Waals surface area contributed by atoms with E-state index in [9.17, 15) is 9.59 Å². The van der Waals surface area contributed by atoms with Gasteiger partial charge in [-0.3, -0.25) is 14.2 Å². The molecular formula is C20H26N4O2. The zero-order valence-electron chi connectivity index (χ0n) is 15.7. The minimum atomic E-state index is -0.218. The van der Waals surface area contributed by atoms with Gasteiger partial charge in [-0.2, -0.15) is 0 Å². The van der Waals surface area contributed by atoms with E-state index in [0.717, 1.165) is 42.7 Å². The molecule has 26 heavy (non-hydrogen) atoms. The molecular weight excluding hydrogens is 328 g/mol. The minimum Gasteiger partial charge on any atom is -0.342 e. The Kier molecular flexibility index (Phi) is 5.40. The quantitative estimate of drug-likeness (QED) is 0.917. The molecule has 1 N–H and O–H groups in total. The van der Waals surface area contributed by atoms with Crippen LogP contribution in [0.1, 0.15) is 36.1 Å². The van der Waals surface area contributed by atoms with Gasteiger partial charge in [-0.1, -0.05) is 12.1 Å². The number of rotatable bonds is 4. The highest BCUT2D eigenvalue weighted by Crippen LogP contribution is 2.18. The summed E-state index contributed by atoms with van der Waals surface area (Å²) in [5.74, 6) is 0.385. The van der Waals surface area contributed by atoms with E-state index >= 15 is 0 Å². The Morgan fingerprint density at radius 1 is 1.12 bits per heavy atom. The third-order valence-electron chi connectivity index (χ3n) is 4.72. The number of anilines is 2. The van der Waals surface area contributed by atoms with Crippen molar-refractivity contribution in [1.82, 2.24) is 9.55 Å². The lowest BCUT2D eigenvalue weighted by molar-refractivity contribution is -0.116. The second kappa shape index (κ2) is 7.72. The first-order valence-corrected chi connectivity index (χ1v) is 9.14. The molecule has 0 spiro atoms. The average Bonchev–Trinajstić information content (AvgIpc) is 2.61. The summed E-state index contributed by atoms with van der Waals surface area (Å²) >= 11 is 0. The summed E-state index contributed by atoms with van der Waals surface area (Å²) in [6.45, 7) is 7.45. The van der Waals surface area contributed by atoms with Gasteiger partial charge in [0.15, 0.2) is 0 Å². The number of nitrogens with one attached hydrogen (secondary N) is 1. The van der Waals surface area contributed by atoms with Gasteiger partial charge in [0.2, 0.25) is 11.9 Å². The van der Waals surface area contributed by atoms with Crippen molar-refractivity contribution in [3.05, 3.63) is 51.4 Å². The molecule has 138 valence electrons. The Morgan fingerprint density at radius 3 is 2.58 bits per heavy atom. The molecule has 1 aromatic heterocycles. The van der Waals surface area contributed by atoms with Crippen LogP contribution < -0.4 is 15.8 Å². The van der Waals surface area contributed by atoms with Crippen LogP contribution in [0.2, 0.25) is 0 Å². The van der Waals surface area contributed by atoms with Gasteiger partial charge in [-0.05, 0) is 57.2 Å². The van der Waals surface area contributed by atoms with Crippen LogP contribution in [-0.2, 0) is 11.3 Å². The smallest absolute Gasteiger partial charge is 0.255 e. The van der Waals surface area contributed by atoms with Gasteiger partial charge in [0.05, 0.1) is 0 Å². The maximum atomic E-state index is 12.6. The number of benzene rings is 1. The molecule has 0 radical (unpaired) electrons. The molecule has 0 bridgehead atoms. The van der Waals surface area contributed by atoms with Crippen molar-refractivity contribution >= 4 is 17.5 Å². The van der Waals surface area contributed by atoms with Crippen molar-refractivity contribution in [2.24, 2.45) is 0 Å². The molecule has 0 unspecified atom stereocenters. The number of aryl methyl sites for hydroxylation is 3. The summed E-state index contributed by atoms with van der Waals surface area (Å²) in [7, 11) is 0. The Balaban J connectivity index is 1.85. The van der Waals surface area contributed by atoms with E-state index in [0.29, 0.717) is 11.6 Å². The van der Waals surface area contributed by atoms with Crippen molar-refractivity contribution < 1.29 is 4.79 Å². The van der Waals surface area contributed by atoms with Crippen LogP contribution in [0, 0.1) is 20.8 Å². The normalized spacial score (nSPS) is 14.3. The summed E-state index contributed by atoms with van der Waals surface area (Å²) in [5, 5.41) is 2.93. The van der Waals surface area contributed by atoms with Crippen molar-refractivity contribution in [1.29, 1.82) is 0 Å². The van der Waals surface area contributed by atoms with Gasteiger partial charge in [0, 0.05) is 30.5 Å². The molecule has 1 amide bonds. The molecule has 1 saturated heterocycles. The Hall–Kier alpha value is -2.63. The second-order valence-corrected chi connectivity index (χ2v) is 7.04. The molecule has 1 aliphatic heterocycles. The molecule has 6 nitrogen and oxygen atoms in total. The van der Waals surface area contributed by atoms with Gasteiger partial charge >= 0.3 is 0 Å². The monoisotopic (exact) mass is 354 g/mol. The number of carbonyl (C=O) groups is 1. The topological polar surface area (TPSA) is 67.2 Å². The lowest BCUT2D eigenvalue weighted by Crippen LogP contribution is -2.38. The molecule has 6 heteroatoms. The number of aromatic nitrogens is 2. The SMILES string of the molecule is Cc1ccc(C)c(NC(=O)Cn2c(N3CCCCC3)nc(C)cc2=O)c1. The van der Waals surface area contributed by atoms with Gasteiger partial charge in [0.25, 0.3) is 5.56 Å². The third kappa shape index (κ3) is 4.12. The zero-order chi connectivity index (χ0) is 18.7. The molecule has 2 heterocycles. The van der Waals surface area contributed by atoms with E-state index in [1.165, 1.54) is 17.1 Å². The van der Waals surface area contributed by atoms with Crippen molar-refractivity contribution in [3.63, 3.8) is 0 Å². The Labute approximate surface area is 153 Å². The highest BCUT2D eigenvalue weighted by molar-refractivity contribution is 5.91. The number of piperidine rings is 1. The van der Waals surface area contributed by atoms with Crippen LogP contribution in [0.15, 0.2) is 29.1 Å². The summed E-state index contributed by atoms with van der Waals surface area (Å²) in [6.07, 6.45) is 3.36. The van der Waals surface area contributed by atoms with Gasteiger partial charge in [-0.15, -0.1) is 0 Å². The molecule has 0 aliphatic carbocycles. The number of hydrogen-bond donors (Lipinski definition) is 1. The van der Waals surface area contributed by atoms with Crippen LogP contribution >= 0.6 is 0 Å². The first-order chi connectivity index (χ1) is 12.4. The highest BCUT2D eigenvalue weighted by atomic mass is 16.2. The van der Waals surface area contributed by atoms with Crippen molar-refractivity contribution in [2.45, 2.75) is 46.6 Å². The van der Waals surface area contributed by atoms with Gasteiger partial charge in [0.1, 0.15) is 6.54 Å². The van der Waals surface area contributed by atoms with Crippen LogP contribution in [0.25, 0.3) is 0 Å². The van der Waals surface area contributed by atoms with E-state index in [1.54, 1.807) is 0 Å². The first-order valence-electron chi connectivity index (χ1n) is 9.14. The lowest BCUT2D eigenvalue weighted by atomic mass is 10.1. The predicted molar refractivity (Wildman–Crippen MR) is 104 cm³/mol. The molecule has 1 fully saturated rings. The largest absolute Gasteiger partial charge is 0.342 e. The number of hydrogen-bond acceptors (Lipinski definition) is 4. The predicted octanol–water partition coefficient (Wildman–Crippen LogP) is 2.80. The van der Waals surface area contributed by atoms with E-state index < -0.39 is 0 Å². The fourth-order valence-electron chi connectivity index (χ4n) is 3.29. The Bertz CT molecular complexity index is 867. The van der Waals surface area contributed by atoms with Crippen LogP contribution in [0.4, 0.5) is 11.6 Å². The summed E-state index contributed by atoms with van der Waals surface area (Å²) in [6, 6.07) is 7.41. The molecule has 1 aliphatic rings. The summed E-state index contributed by atoms with van der Waals surface area (Å²) in [4.78, 5) is 31.8. The Morgan fingerprint density at radius 2 is 1.85 bits per heavy atom. The highest BCUT2D eigenvalue weighted by Gasteiger charge is 2.19. The number of amides is 1. The first kappa shape index (κ1) is 18.2. The minimum absolute atomic E-state index is 0.0364. The lowest BCUT2D eigenvalue weighted by Gasteiger charge is -2.29. The maximum Gasteiger partial charge on any atom is 0.255 e. The number of nitrogens with zero attached hydrogens (tertiary/aromatic N) is 3. The molecule has 3 rings (SSSR count). The fraction of sp³-hybridized carbons (Fsp3) is 0.450. The standard InChI is InChI=1S/C20H26N4O2/c1-14-7-8-15(2)17(11-14)22-18(25)13-24-19(26)12-16(3)21-20(24)23-9-5-4-6-10-23/h7-8,11-12H,4-6,9-10,13H2,1-3H3,(H,22,25). The van der Waals surface area contributed by atoms with Crippen LogP contribution in [-0.4, -0.2) is 28.5 Å². The molecule has 0 saturated carbocycles. The second-order valence-electron chi connectivity index (χ2n) is 7.04. The van der Waals surface area contributed by atoms with E-state index in [-0.39, 0.29) is 18.0 Å². The van der Waals surface area contributed by atoms with Crippen molar-refractivity contribution in [3.8, 4) is 0 Å². The average molecular weight is 354 g/mol. The van der Waals surface area contributed by atoms with E-state index in [1.807, 2.05) is 39.0 Å². The number of carbonyl (C=O) groups excluding carboxylic acids is 1. The van der Waals surface area contributed by atoms with E-state index in [2.05, 4.69) is 15.2 Å². The van der Waals surface area contributed by atoms with Crippen LogP contribution in [0.3, 0.4) is 0 Å². The van der Waals surface area contributed by atoms with Gasteiger partial charge < -0.3 is 10.2 Å². The van der Waals surface area contributed by atoms with Crippen molar-refractivity contribution in [2.75, 3.05) is 23.3 Å². The fourth-order valence-corrected chi connectivity index (χ4v) is 3.29. The maximum absolute atomic E-state index is 12.6. The molecule has 2 aromatic rings. The van der Waals surface area contributed by atoms with Gasteiger partial charge in [-0.25, -0.2) is 4.98 Å². The summed E-state index contributed by atoms with van der Waals surface area (Å²) < 4.78 is 1.48. The third-order valence-corrected chi connectivity index (χ3v) is 4.72. The summed E-state index contributed by atoms with van der Waals surface area (Å²) in [5.41, 5.74) is 3.35.